The van der Waals surface area contributed by atoms with Gasteiger partial charge in [-0.1, -0.05) is 0 Å². The average Bonchev–Trinajstić information content (AvgIpc) is 2.18. The van der Waals surface area contributed by atoms with Crippen LogP contribution in [0.2, 0.25) is 0 Å². The minimum atomic E-state index is 0.205. The average molecular weight is 538 g/mol. The van der Waals surface area contributed by atoms with Gasteiger partial charge < -0.3 is 10.2 Å². The van der Waals surface area contributed by atoms with Crippen LogP contribution in [-0.4, -0.2) is 10.2 Å². The SMILES string of the molecule is Oc1cc2c(O)c(I)cc(I)c2cc1I. The fourth-order valence-electron chi connectivity index (χ4n) is 1.34. The van der Waals surface area contributed by atoms with E-state index in [1.807, 2.05) is 12.1 Å². The van der Waals surface area contributed by atoms with E-state index in [1.54, 1.807) is 6.07 Å². The summed E-state index contributed by atoms with van der Waals surface area (Å²) in [5.41, 5.74) is 0. The molecule has 2 nitrogen and oxygen atoms in total. The predicted molar refractivity (Wildman–Crippen MR) is 85.4 cm³/mol. The summed E-state index contributed by atoms with van der Waals surface area (Å²) in [4.78, 5) is 0. The summed E-state index contributed by atoms with van der Waals surface area (Å²) in [6.07, 6.45) is 0. The van der Waals surface area contributed by atoms with Crippen molar-refractivity contribution < 1.29 is 10.2 Å². The minimum Gasteiger partial charge on any atom is -0.507 e. The number of rotatable bonds is 0. The molecule has 2 N–H and O–H groups in total. The molecule has 0 heterocycles. The van der Waals surface area contributed by atoms with Crippen LogP contribution in [0, 0.1) is 10.7 Å². The van der Waals surface area contributed by atoms with Gasteiger partial charge in [0.25, 0.3) is 0 Å². The summed E-state index contributed by atoms with van der Waals surface area (Å²) >= 11 is 6.38. The van der Waals surface area contributed by atoms with Crippen LogP contribution in [0.25, 0.3) is 10.8 Å². The number of benzene rings is 2. The van der Waals surface area contributed by atoms with Gasteiger partial charge in [-0.25, -0.2) is 0 Å². The molecule has 0 fully saturated rings. The van der Waals surface area contributed by atoms with Crippen molar-refractivity contribution >= 4 is 78.5 Å². The fourth-order valence-corrected chi connectivity index (χ4v) is 3.76. The smallest absolute Gasteiger partial charge is 0.136 e. The van der Waals surface area contributed by atoms with Crippen LogP contribution in [-0.2, 0) is 0 Å². The summed E-state index contributed by atoms with van der Waals surface area (Å²) in [7, 11) is 0. The lowest BCUT2D eigenvalue weighted by molar-refractivity contribution is 0.467. The van der Waals surface area contributed by atoms with Crippen molar-refractivity contribution in [3.63, 3.8) is 0 Å². The zero-order valence-corrected chi connectivity index (χ0v) is 13.7. The Bertz CT molecular complexity index is 552. The van der Waals surface area contributed by atoms with Crippen molar-refractivity contribution in [3.05, 3.63) is 28.9 Å². The summed E-state index contributed by atoms with van der Waals surface area (Å²) < 4.78 is 2.66. The van der Waals surface area contributed by atoms with E-state index in [9.17, 15) is 10.2 Å². The first-order valence-electron chi connectivity index (χ1n) is 4.00. The first kappa shape index (κ1) is 12.0. The molecule has 0 saturated heterocycles. The molecule has 0 aliphatic rings. The fraction of sp³-hybridized carbons (Fsp3) is 0. The molecule has 15 heavy (non-hydrogen) atoms. The van der Waals surface area contributed by atoms with E-state index in [4.69, 9.17) is 0 Å². The largest absolute Gasteiger partial charge is 0.507 e. The number of phenols is 2. The topological polar surface area (TPSA) is 40.5 Å². The van der Waals surface area contributed by atoms with E-state index in [1.165, 1.54) is 0 Å². The lowest BCUT2D eigenvalue weighted by Gasteiger charge is -2.07. The molecular formula is C10H5I3O2. The minimum absolute atomic E-state index is 0.205. The van der Waals surface area contributed by atoms with Crippen LogP contribution in [0.4, 0.5) is 0 Å². The highest BCUT2D eigenvalue weighted by Gasteiger charge is 2.11. The highest BCUT2D eigenvalue weighted by molar-refractivity contribution is 14.1. The molecule has 78 valence electrons. The molecule has 0 radical (unpaired) electrons. The van der Waals surface area contributed by atoms with Gasteiger partial charge in [-0.05, 0) is 86.0 Å². The maximum absolute atomic E-state index is 9.87. The number of phenolic OH excluding ortho intramolecular Hbond substituents is 2. The van der Waals surface area contributed by atoms with Crippen LogP contribution < -0.4 is 0 Å². The third-order valence-corrected chi connectivity index (χ3v) is 4.66. The lowest BCUT2D eigenvalue weighted by Crippen LogP contribution is -1.85. The van der Waals surface area contributed by atoms with Gasteiger partial charge in [0.1, 0.15) is 11.5 Å². The molecule has 0 aromatic heterocycles. The Labute approximate surface area is 127 Å². The maximum Gasteiger partial charge on any atom is 0.136 e. The van der Waals surface area contributed by atoms with E-state index in [2.05, 4.69) is 67.8 Å². The molecule has 0 amide bonds. The van der Waals surface area contributed by atoms with Gasteiger partial charge in [-0.3, -0.25) is 0 Å². The monoisotopic (exact) mass is 538 g/mol. The van der Waals surface area contributed by atoms with E-state index < -0.39 is 0 Å². The molecule has 0 spiro atoms. The van der Waals surface area contributed by atoms with Gasteiger partial charge in [-0.2, -0.15) is 0 Å². The first-order valence-corrected chi connectivity index (χ1v) is 7.23. The molecular weight excluding hydrogens is 533 g/mol. The normalized spacial score (nSPS) is 10.9. The number of fused-ring (bicyclic) bond motifs is 1. The van der Waals surface area contributed by atoms with Gasteiger partial charge in [0.2, 0.25) is 0 Å². The highest BCUT2D eigenvalue weighted by Crippen LogP contribution is 2.37. The van der Waals surface area contributed by atoms with Gasteiger partial charge in [0.05, 0.1) is 7.14 Å². The van der Waals surface area contributed by atoms with Crippen LogP contribution in [0.15, 0.2) is 18.2 Å². The van der Waals surface area contributed by atoms with E-state index in [0.717, 1.165) is 16.1 Å². The summed E-state index contributed by atoms with van der Waals surface area (Å²) in [5, 5.41) is 21.1. The lowest BCUT2D eigenvalue weighted by atomic mass is 10.1. The van der Waals surface area contributed by atoms with Crippen LogP contribution in [0.3, 0.4) is 0 Å². The predicted octanol–water partition coefficient (Wildman–Crippen LogP) is 4.06. The zero-order chi connectivity index (χ0) is 11.2. The number of aromatic hydroxyl groups is 2. The molecule has 0 aliphatic carbocycles. The second-order valence-electron chi connectivity index (χ2n) is 3.04. The zero-order valence-electron chi connectivity index (χ0n) is 7.26. The van der Waals surface area contributed by atoms with Crippen molar-refractivity contribution in [1.82, 2.24) is 0 Å². The maximum atomic E-state index is 9.87. The van der Waals surface area contributed by atoms with Crippen molar-refractivity contribution in [2.45, 2.75) is 0 Å². The molecule has 0 saturated carbocycles. The number of hydrogen-bond donors (Lipinski definition) is 2. The van der Waals surface area contributed by atoms with Crippen LogP contribution in [0.5, 0.6) is 11.5 Å². The second-order valence-corrected chi connectivity index (χ2v) is 6.52. The Morgan fingerprint density at radius 2 is 1.40 bits per heavy atom. The first-order chi connectivity index (χ1) is 7.00. The Balaban J connectivity index is 2.97. The molecule has 2 aromatic rings. The third-order valence-electron chi connectivity index (χ3n) is 2.08. The quantitative estimate of drug-likeness (QED) is 0.498. The third kappa shape index (κ3) is 2.14. The van der Waals surface area contributed by atoms with Crippen molar-refractivity contribution in [2.75, 3.05) is 0 Å². The Morgan fingerprint density at radius 1 is 0.733 bits per heavy atom. The van der Waals surface area contributed by atoms with Gasteiger partial charge in [0, 0.05) is 14.3 Å². The molecule has 2 aromatic carbocycles. The Morgan fingerprint density at radius 3 is 2.07 bits per heavy atom. The van der Waals surface area contributed by atoms with E-state index >= 15 is 0 Å². The summed E-state index contributed by atoms with van der Waals surface area (Å²) in [6, 6.07) is 5.41. The van der Waals surface area contributed by atoms with E-state index in [-0.39, 0.29) is 11.5 Å². The van der Waals surface area contributed by atoms with Crippen LogP contribution in [0.1, 0.15) is 0 Å². The Kier molecular flexibility index (Phi) is 3.51. The molecule has 5 heteroatoms. The summed E-state index contributed by atoms with van der Waals surface area (Å²) in [5.74, 6) is 0.439. The van der Waals surface area contributed by atoms with Gasteiger partial charge >= 0.3 is 0 Å². The molecule has 0 bridgehead atoms. The van der Waals surface area contributed by atoms with Gasteiger partial charge in [0.15, 0.2) is 0 Å². The molecule has 0 aliphatic heterocycles. The standard InChI is InChI=1S/C10H5I3O2/c11-6-3-8(13)10(15)5-2-9(14)7(12)1-4(5)6/h1-3,14-15H. The van der Waals surface area contributed by atoms with Crippen molar-refractivity contribution in [3.8, 4) is 11.5 Å². The number of hydrogen-bond acceptors (Lipinski definition) is 2. The van der Waals surface area contributed by atoms with Gasteiger partial charge in [-0.15, -0.1) is 0 Å². The van der Waals surface area contributed by atoms with Crippen LogP contribution >= 0.6 is 67.8 Å². The highest BCUT2D eigenvalue weighted by atomic mass is 127. The number of halogens is 3. The summed E-state index contributed by atoms with van der Waals surface area (Å²) in [6.45, 7) is 0. The van der Waals surface area contributed by atoms with Crippen molar-refractivity contribution in [1.29, 1.82) is 0 Å². The van der Waals surface area contributed by atoms with Crippen molar-refractivity contribution in [2.24, 2.45) is 0 Å². The molecule has 2 rings (SSSR count). The molecule has 0 atom stereocenters. The molecule has 0 unspecified atom stereocenters. The second kappa shape index (κ2) is 4.40. The van der Waals surface area contributed by atoms with E-state index in [0.29, 0.717) is 5.39 Å². The Hall–Kier alpha value is 0.490.